The number of para-hydroxylation sites is 1. The zero-order chi connectivity index (χ0) is 20.9. The molecule has 1 saturated heterocycles. The minimum atomic E-state index is 0.0332. The number of aromatic nitrogens is 1. The molecule has 2 heterocycles. The van der Waals surface area contributed by atoms with Gasteiger partial charge in [-0.25, -0.2) is 0 Å². The molecule has 1 unspecified atom stereocenters. The average Bonchev–Trinajstić information content (AvgIpc) is 3.14. The molecule has 0 bridgehead atoms. The molecular formula is C25H26N4O. The Labute approximate surface area is 177 Å². The van der Waals surface area contributed by atoms with Gasteiger partial charge in [-0.1, -0.05) is 48.5 Å². The minimum absolute atomic E-state index is 0.0332. The fourth-order valence-electron chi connectivity index (χ4n) is 4.16. The van der Waals surface area contributed by atoms with E-state index in [1.54, 1.807) is 6.08 Å². The van der Waals surface area contributed by atoms with Gasteiger partial charge in [-0.05, 0) is 24.8 Å². The number of nitrogens with zero attached hydrogens (tertiary/aromatic N) is 4. The van der Waals surface area contributed by atoms with E-state index in [1.165, 1.54) is 5.56 Å². The molecule has 1 amide bonds. The molecule has 1 aromatic heterocycles. The van der Waals surface area contributed by atoms with Crippen molar-refractivity contribution < 1.29 is 4.79 Å². The van der Waals surface area contributed by atoms with Crippen LogP contribution < -0.4 is 0 Å². The molecule has 1 aliphatic heterocycles. The molecule has 0 radical (unpaired) electrons. The largest absolute Gasteiger partial charge is 0.346 e. The van der Waals surface area contributed by atoms with Crippen LogP contribution in [0, 0.1) is 11.3 Å². The summed E-state index contributed by atoms with van der Waals surface area (Å²) in [4.78, 5) is 17.4. The topological polar surface area (TPSA) is 52.3 Å². The Morgan fingerprint density at radius 3 is 2.70 bits per heavy atom. The Kier molecular flexibility index (Phi) is 5.97. The number of likely N-dealkylation sites (N-methyl/N-ethyl adjacent to an activating group) is 1. The summed E-state index contributed by atoms with van der Waals surface area (Å²) in [7, 11) is 2.10. The van der Waals surface area contributed by atoms with Gasteiger partial charge >= 0.3 is 0 Å². The molecule has 2 aromatic carbocycles. The highest BCUT2D eigenvalue weighted by molar-refractivity contribution is 5.96. The summed E-state index contributed by atoms with van der Waals surface area (Å²) in [5, 5.41) is 10.0. The number of piperazine rings is 1. The number of amides is 1. The van der Waals surface area contributed by atoms with Crippen molar-refractivity contribution in [3.63, 3.8) is 0 Å². The van der Waals surface area contributed by atoms with Gasteiger partial charge in [0.1, 0.15) is 0 Å². The summed E-state index contributed by atoms with van der Waals surface area (Å²) < 4.78 is 2.09. The second-order valence-electron chi connectivity index (χ2n) is 7.76. The van der Waals surface area contributed by atoms with Crippen molar-refractivity contribution in [3.05, 3.63) is 78.0 Å². The third-order valence-electron chi connectivity index (χ3n) is 5.74. The minimum Gasteiger partial charge on any atom is -0.346 e. The van der Waals surface area contributed by atoms with Gasteiger partial charge in [0.05, 0.1) is 18.5 Å². The Morgan fingerprint density at radius 1 is 1.13 bits per heavy atom. The molecule has 1 atom stereocenters. The number of rotatable bonds is 5. The van der Waals surface area contributed by atoms with Gasteiger partial charge in [-0.15, -0.1) is 0 Å². The lowest BCUT2D eigenvalue weighted by atomic mass is 10.0. The number of benzene rings is 2. The summed E-state index contributed by atoms with van der Waals surface area (Å²) in [5.74, 6) is 0.0332. The molecule has 152 valence electrons. The normalized spacial score (nSPS) is 17.5. The summed E-state index contributed by atoms with van der Waals surface area (Å²) in [5.41, 5.74) is 3.25. The third kappa shape index (κ3) is 4.14. The molecule has 4 rings (SSSR count). The van der Waals surface area contributed by atoms with Crippen LogP contribution in [0.2, 0.25) is 0 Å². The third-order valence-corrected chi connectivity index (χ3v) is 5.74. The van der Waals surface area contributed by atoms with Gasteiger partial charge in [0.25, 0.3) is 0 Å². The van der Waals surface area contributed by atoms with Crippen molar-refractivity contribution in [2.75, 3.05) is 26.7 Å². The smallest absolute Gasteiger partial charge is 0.247 e. The summed E-state index contributed by atoms with van der Waals surface area (Å²) in [6, 6.07) is 20.6. The van der Waals surface area contributed by atoms with Crippen molar-refractivity contribution in [2.45, 2.75) is 19.0 Å². The quantitative estimate of drug-likeness (QED) is 0.609. The molecule has 5 heteroatoms. The zero-order valence-electron chi connectivity index (χ0n) is 17.2. The first-order valence-corrected chi connectivity index (χ1v) is 10.3. The molecular weight excluding hydrogens is 372 g/mol. The maximum Gasteiger partial charge on any atom is 0.247 e. The fourth-order valence-corrected chi connectivity index (χ4v) is 4.16. The van der Waals surface area contributed by atoms with Gasteiger partial charge in [-0.2, -0.15) is 5.26 Å². The van der Waals surface area contributed by atoms with Crippen LogP contribution in [0.4, 0.5) is 0 Å². The van der Waals surface area contributed by atoms with Crippen molar-refractivity contribution in [3.8, 4) is 6.07 Å². The van der Waals surface area contributed by atoms with Crippen LogP contribution in [0.3, 0.4) is 0 Å². The highest BCUT2D eigenvalue weighted by Gasteiger charge is 2.29. The molecule has 5 nitrogen and oxygen atoms in total. The second kappa shape index (κ2) is 8.98. The first-order chi connectivity index (χ1) is 14.7. The molecule has 0 aliphatic carbocycles. The van der Waals surface area contributed by atoms with E-state index in [4.69, 9.17) is 5.26 Å². The number of aryl methyl sites for hydroxylation is 1. The van der Waals surface area contributed by atoms with Crippen LogP contribution in [-0.2, 0) is 11.3 Å². The van der Waals surface area contributed by atoms with Crippen LogP contribution in [0.5, 0.6) is 0 Å². The number of fused-ring (bicyclic) bond motifs is 1. The van der Waals surface area contributed by atoms with E-state index in [-0.39, 0.29) is 11.9 Å². The van der Waals surface area contributed by atoms with Gasteiger partial charge in [-0.3, -0.25) is 4.79 Å². The van der Waals surface area contributed by atoms with Crippen LogP contribution in [0.25, 0.3) is 17.0 Å². The first-order valence-electron chi connectivity index (χ1n) is 10.3. The fraction of sp³-hybridized carbons (Fsp3) is 0.280. The van der Waals surface area contributed by atoms with E-state index in [0.717, 1.165) is 29.6 Å². The number of hydrogen-bond donors (Lipinski definition) is 0. The van der Waals surface area contributed by atoms with Gasteiger partial charge in [0, 0.05) is 54.9 Å². The van der Waals surface area contributed by atoms with Crippen molar-refractivity contribution in [1.82, 2.24) is 14.4 Å². The first kappa shape index (κ1) is 19.9. The Hall–Kier alpha value is -3.36. The van der Waals surface area contributed by atoms with Crippen LogP contribution >= 0.6 is 0 Å². The Morgan fingerprint density at radius 2 is 1.90 bits per heavy atom. The highest BCUT2D eigenvalue weighted by atomic mass is 16.2. The predicted molar refractivity (Wildman–Crippen MR) is 120 cm³/mol. The van der Waals surface area contributed by atoms with Crippen LogP contribution in [0.1, 0.15) is 23.6 Å². The highest BCUT2D eigenvalue weighted by Crippen LogP contribution is 2.26. The second-order valence-corrected chi connectivity index (χ2v) is 7.76. The average molecular weight is 399 g/mol. The number of hydrogen-bond acceptors (Lipinski definition) is 3. The van der Waals surface area contributed by atoms with Crippen LogP contribution in [0.15, 0.2) is 66.9 Å². The van der Waals surface area contributed by atoms with E-state index in [2.05, 4.69) is 46.8 Å². The number of carbonyl (C=O) groups is 1. The molecule has 0 saturated carbocycles. The van der Waals surface area contributed by atoms with E-state index in [9.17, 15) is 4.79 Å². The molecule has 0 spiro atoms. The molecule has 0 N–H and O–H groups in total. The van der Waals surface area contributed by atoms with E-state index >= 15 is 0 Å². The lowest BCUT2D eigenvalue weighted by molar-refractivity contribution is -0.130. The summed E-state index contributed by atoms with van der Waals surface area (Å²) in [6.45, 7) is 3.06. The van der Waals surface area contributed by atoms with Gasteiger partial charge in [0.15, 0.2) is 0 Å². The SMILES string of the molecule is CN1CCN(C(=O)/C=C/c2cn(CCC#N)c3ccccc23)C(c2ccccc2)C1. The monoisotopic (exact) mass is 398 g/mol. The van der Waals surface area contributed by atoms with Gasteiger partial charge < -0.3 is 14.4 Å². The van der Waals surface area contributed by atoms with Crippen molar-refractivity contribution >= 4 is 22.9 Å². The lowest BCUT2D eigenvalue weighted by Crippen LogP contribution is -2.48. The maximum absolute atomic E-state index is 13.1. The molecule has 3 aromatic rings. The zero-order valence-corrected chi connectivity index (χ0v) is 17.2. The summed E-state index contributed by atoms with van der Waals surface area (Å²) in [6.07, 6.45) is 6.09. The van der Waals surface area contributed by atoms with Crippen molar-refractivity contribution in [2.24, 2.45) is 0 Å². The standard InChI is InChI=1S/C25H26N4O/c1-27-16-17-29(24(19-27)20-8-3-2-4-9-20)25(30)13-12-21-18-28(15-7-14-26)23-11-6-5-10-22(21)23/h2-6,8-13,18,24H,7,15-17,19H2,1H3/b13-12+. The Balaban J connectivity index is 1.59. The van der Waals surface area contributed by atoms with E-state index in [0.29, 0.717) is 19.5 Å². The van der Waals surface area contributed by atoms with Crippen molar-refractivity contribution in [1.29, 1.82) is 5.26 Å². The predicted octanol–water partition coefficient (Wildman–Crippen LogP) is 4.08. The maximum atomic E-state index is 13.1. The van der Waals surface area contributed by atoms with E-state index < -0.39 is 0 Å². The number of carbonyl (C=O) groups excluding carboxylic acids is 1. The summed E-state index contributed by atoms with van der Waals surface area (Å²) >= 11 is 0. The van der Waals surface area contributed by atoms with Gasteiger partial charge in [0.2, 0.25) is 5.91 Å². The number of nitriles is 1. The Bertz CT molecular complexity index is 1090. The molecule has 1 fully saturated rings. The van der Waals surface area contributed by atoms with Crippen LogP contribution in [-0.4, -0.2) is 47.0 Å². The molecule has 1 aliphatic rings. The molecule has 30 heavy (non-hydrogen) atoms. The lowest BCUT2D eigenvalue weighted by Gasteiger charge is -2.39. The van der Waals surface area contributed by atoms with E-state index in [1.807, 2.05) is 47.5 Å².